The summed E-state index contributed by atoms with van der Waals surface area (Å²) in [5.74, 6) is -0.214. The molecule has 0 aliphatic rings. The number of nitrogens with one attached hydrogen (secondary N) is 1. The second kappa shape index (κ2) is 5.31. The van der Waals surface area contributed by atoms with E-state index in [4.69, 9.17) is 0 Å². The van der Waals surface area contributed by atoms with Crippen LogP contribution in [0.5, 0.6) is 0 Å². The lowest BCUT2D eigenvalue weighted by atomic mass is 10.2. The van der Waals surface area contributed by atoms with Crippen LogP contribution in [0.4, 0.5) is 4.39 Å². The van der Waals surface area contributed by atoms with Crippen LogP contribution in [0, 0.1) is 19.7 Å². The van der Waals surface area contributed by atoms with Gasteiger partial charge in [-0.1, -0.05) is 6.92 Å². The maximum atomic E-state index is 13.1. The van der Waals surface area contributed by atoms with Crippen molar-refractivity contribution >= 4 is 0 Å². The minimum Gasteiger partial charge on any atom is -0.313 e. The highest BCUT2D eigenvalue weighted by Crippen LogP contribution is 2.18. The second-order valence-corrected chi connectivity index (χ2v) is 4.38. The molecule has 2 rings (SSSR count). The molecule has 1 aromatic heterocycles. The van der Waals surface area contributed by atoms with Gasteiger partial charge in [-0.25, -0.2) is 9.07 Å². The van der Waals surface area contributed by atoms with E-state index in [-0.39, 0.29) is 5.82 Å². The maximum Gasteiger partial charge on any atom is 0.123 e. The average Bonchev–Trinajstić information content (AvgIpc) is 2.68. The average molecular weight is 247 g/mol. The van der Waals surface area contributed by atoms with Crippen LogP contribution >= 0.6 is 0 Å². The third-order valence-corrected chi connectivity index (χ3v) is 3.06. The van der Waals surface area contributed by atoms with Gasteiger partial charge in [0.05, 0.1) is 11.9 Å². The van der Waals surface area contributed by atoms with Crippen molar-refractivity contribution < 1.29 is 4.39 Å². The lowest BCUT2D eigenvalue weighted by Gasteiger charge is -2.09. The molecule has 1 aromatic carbocycles. The van der Waals surface area contributed by atoms with Gasteiger partial charge < -0.3 is 5.32 Å². The molecule has 0 saturated carbocycles. The summed E-state index contributed by atoms with van der Waals surface area (Å²) in [5, 5.41) is 7.66. The van der Waals surface area contributed by atoms with Crippen LogP contribution < -0.4 is 5.32 Å². The number of rotatable bonds is 4. The number of hydrogen-bond acceptors (Lipinski definition) is 2. The van der Waals surface area contributed by atoms with Gasteiger partial charge in [0.1, 0.15) is 5.82 Å². The van der Waals surface area contributed by atoms with E-state index in [9.17, 15) is 4.39 Å². The largest absolute Gasteiger partial charge is 0.313 e. The highest BCUT2D eigenvalue weighted by Gasteiger charge is 2.09. The predicted molar refractivity (Wildman–Crippen MR) is 70.4 cm³/mol. The smallest absolute Gasteiger partial charge is 0.123 e. The molecule has 18 heavy (non-hydrogen) atoms. The Morgan fingerprint density at radius 2 is 2.11 bits per heavy atom. The summed E-state index contributed by atoms with van der Waals surface area (Å²) in [4.78, 5) is 0. The van der Waals surface area contributed by atoms with Crippen LogP contribution in [-0.4, -0.2) is 16.3 Å². The van der Waals surface area contributed by atoms with E-state index in [1.807, 2.05) is 24.7 Å². The Bertz CT molecular complexity index is 546. The normalized spacial score (nSPS) is 10.9. The number of benzene rings is 1. The third kappa shape index (κ3) is 2.43. The predicted octanol–water partition coefficient (Wildman–Crippen LogP) is 2.74. The molecular weight excluding hydrogens is 229 g/mol. The van der Waals surface area contributed by atoms with Crippen LogP contribution in [0.3, 0.4) is 0 Å². The topological polar surface area (TPSA) is 29.9 Å². The van der Waals surface area contributed by atoms with Gasteiger partial charge in [-0.3, -0.25) is 0 Å². The highest BCUT2D eigenvalue weighted by molar-refractivity contribution is 5.42. The molecule has 4 heteroatoms. The second-order valence-electron chi connectivity index (χ2n) is 4.38. The molecule has 0 saturated heterocycles. The molecule has 3 nitrogen and oxygen atoms in total. The van der Waals surface area contributed by atoms with Gasteiger partial charge in [0.2, 0.25) is 0 Å². The SMILES string of the molecule is CCNCc1cnn(-c2ccc(F)cc2C)c1C. The maximum absolute atomic E-state index is 13.1. The van der Waals surface area contributed by atoms with Gasteiger partial charge in [0.25, 0.3) is 0 Å². The first kappa shape index (κ1) is 12.8. The Morgan fingerprint density at radius 3 is 2.78 bits per heavy atom. The Labute approximate surface area is 107 Å². The van der Waals surface area contributed by atoms with E-state index in [0.717, 1.165) is 30.0 Å². The fourth-order valence-electron chi connectivity index (χ4n) is 1.98. The molecule has 0 radical (unpaired) electrons. The molecule has 0 bridgehead atoms. The van der Waals surface area contributed by atoms with Crippen molar-refractivity contribution in [1.29, 1.82) is 0 Å². The Balaban J connectivity index is 2.36. The fraction of sp³-hybridized carbons (Fsp3) is 0.357. The van der Waals surface area contributed by atoms with Crippen LogP contribution in [0.15, 0.2) is 24.4 Å². The summed E-state index contributed by atoms with van der Waals surface area (Å²) in [6.45, 7) is 7.73. The number of nitrogens with zero attached hydrogens (tertiary/aromatic N) is 2. The lowest BCUT2D eigenvalue weighted by Crippen LogP contribution is -2.12. The zero-order chi connectivity index (χ0) is 13.1. The van der Waals surface area contributed by atoms with E-state index in [1.165, 1.54) is 17.7 Å². The van der Waals surface area contributed by atoms with Gasteiger partial charge in [0.15, 0.2) is 0 Å². The monoisotopic (exact) mass is 247 g/mol. The first-order chi connectivity index (χ1) is 8.63. The summed E-state index contributed by atoms with van der Waals surface area (Å²) in [6, 6.07) is 4.76. The van der Waals surface area contributed by atoms with Crippen molar-refractivity contribution in [3.63, 3.8) is 0 Å². The summed E-state index contributed by atoms with van der Waals surface area (Å²) in [5.41, 5.74) is 4.07. The van der Waals surface area contributed by atoms with Crippen LogP contribution in [-0.2, 0) is 6.54 Å². The summed E-state index contributed by atoms with van der Waals surface area (Å²) in [6.07, 6.45) is 1.86. The zero-order valence-electron chi connectivity index (χ0n) is 11.0. The van der Waals surface area contributed by atoms with Crippen molar-refractivity contribution in [1.82, 2.24) is 15.1 Å². The third-order valence-electron chi connectivity index (χ3n) is 3.06. The van der Waals surface area contributed by atoms with Crippen LogP contribution in [0.25, 0.3) is 5.69 Å². The van der Waals surface area contributed by atoms with Gasteiger partial charge in [-0.05, 0) is 44.2 Å². The zero-order valence-corrected chi connectivity index (χ0v) is 11.0. The van der Waals surface area contributed by atoms with E-state index >= 15 is 0 Å². The molecular formula is C14H18FN3. The summed E-state index contributed by atoms with van der Waals surface area (Å²) >= 11 is 0. The van der Waals surface area contributed by atoms with Gasteiger partial charge >= 0.3 is 0 Å². The molecule has 0 aliphatic heterocycles. The van der Waals surface area contributed by atoms with Crippen molar-refractivity contribution in [2.45, 2.75) is 27.3 Å². The summed E-state index contributed by atoms with van der Waals surface area (Å²) in [7, 11) is 0. The molecule has 0 amide bonds. The number of aryl methyl sites for hydroxylation is 1. The minimum absolute atomic E-state index is 0.214. The molecule has 0 atom stereocenters. The Kier molecular flexibility index (Phi) is 3.77. The van der Waals surface area contributed by atoms with Crippen molar-refractivity contribution in [2.24, 2.45) is 0 Å². The molecule has 96 valence electrons. The molecule has 0 spiro atoms. The molecule has 1 heterocycles. The molecule has 0 aliphatic carbocycles. The van der Waals surface area contributed by atoms with E-state index in [1.54, 1.807) is 6.07 Å². The van der Waals surface area contributed by atoms with Gasteiger partial charge in [-0.15, -0.1) is 0 Å². The standard InChI is InChI=1S/C14H18FN3/c1-4-16-8-12-9-17-18(11(12)3)14-6-5-13(15)7-10(14)2/h5-7,9,16H,4,8H2,1-3H3. The fourth-order valence-corrected chi connectivity index (χ4v) is 1.98. The summed E-state index contributed by atoms with van der Waals surface area (Å²) < 4.78 is 15.0. The number of aromatic nitrogens is 2. The molecule has 2 aromatic rings. The molecule has 0 fully saturated rings. The van der Waals surface area contributed by atoms with E-state index < -0.39 is 0 Å². The van der Waals surface area contributed by atoms with Crippen LogP contribution in [0.1, 0.15) is 23.7 Å². The van der Waals surface area contributed by atoms with Gasteiger partial charge in [-0.2, -0.15) is 5.10 Å². The molecule has 1 N–H and O–H groups in total. The Morgan fingerprint density at radius 1 is 1.33 bits per heavy atom. The van der Waals surface area contributed by atoms with E-state index in [2.05, 4.69) is 17.3 Å². The van der Waals surface area contributed by atoms with E-state index in [0.29, 0.717) is 0 Å². The Hall–Kier alpha value is -1.68. The quantitative estimate of drug-likeness (QED) is 0.900. The van der Waals surface area contributed by atoms with Crippen molar-refractivity contribution in [2.75, 3.05) is 6.54 Å². The molecule has 0 unspecified atom stereocenters. The van der Waals surface area contributed by atoms with Crippen LogP contribution in [0.2, 0.25) is 0 Å². The van der Waals surface area contributed by atoms with Crippen molar-refractivity contribution in [3.8, 4) is 5.69 Å². The number of hydrogen-bond donors (Lipinski definition) is 1. The minimum atomic E-state index is -0.214. The first-order valence-corrected chi connectivity index (χ1v) is 6.14. The van der Waals surface area contributed by atoms with Crippen molar-refractivity contribution in [3.05, 3.63) is 47.0 Å². The first-order valence-electron chi connectivity index (χ1n) is 6.14. The lowest BCUT2D eigenvalue weighted by molar-refractivity contribution is 0.625. The number of halogens is 1. The van der Waals surface area contributed by atoms with Gasteiger partial charge in [0, 0.05) is 17.8 Å². The highest BCUT2D eigenvalue weighted by atomic mass is 19.1.